The van der Waals surface area contributed by atoms with Crippen LogP contribution in [0.3, 0.4) is 0 Å². The average molecular weight is 555 g/mol. The van der Waals surface area contributed by atoms with Gasteiger partial charge in [0.15, 0.2) is 10.3 Å². The molecule has 0 spiro atoms. The molecule has 1 aromatic heterocycles. The van der Waals surface area contributed by atoms with E-state index < -0.39 is 29.2 Å². The molecule has 2 atom stereocenters. The minimum Gasteiger partial charge on any atom is -0.477 e. The molecular formula is C18H22N10O5S3. The molecule has 0 saturated carbocycles. The van der Waals surface area contributed by atoms with Crippen molar-refractivity contribution in [2.75, 3.05) is 30.4 Å². The minimum atomic E-state index is -1.25. The second kappa shape index (κ2) is 10.7. The third kappa shape index (κ3) is 5.11. The van der Waals surface area contributed by atoms with Crippen molar-refractivity contribution in [3.05, 3.63) is 29.0 Å². The highest BCUT2D eigenvalue weighted by Crippen LogP contribution is 2.41. The molecule has 1 aromatic rings. The van der Waals surface area contributed by atoms with Gasteiger partial charge in [-0.3, -0.25) is 19.5 Å². The molecule has 18 heteroatoms. The van der Waals surface area contributed by atoms with E-state index in [-0.39, 0.29) is 34.7 Å². The predicted octanol–water partition coefficient (Wildman–Crippen LogP) is -1.32. The van der Waals surface area contributed by atoms with Gasteiger partial charge in [0.2, 0.25) is 11.5 Å². The Kier molecular flexibility index (Phi) is 7.67. The number of aliphatic carboxylic acids is 1. The number of anilines is 1. The molecule has 1 fully saturated rings. The number of amides is 2. The number of carboxylic acids is 1. The van der Waals surface area contributed by atoms with Gasteiger partial charge in [-0.1, -0.05) is 16.9 Å². The number of nitrogens with one attached hydrogen (secondary N) is 1. The van der Waals surface area contributed by atoms with Crippen molar-refractivity contribution < 1.29 is 24.3 Å². The Bertz CT molecular complexity index is 1210. The largest absolute Gasteiger partial charge is 0.477 e. The number of nitrogen functional groups attached to an aromatic ring is 1. The van der Waals surface area contributed by atoms with Crippen LogP contribution in [0.15, 0.2) is 33.3 Å². The molecule has 4 heterocycles. The van der Waals surface area contributed by atoms with E-state index >= 15 is 0 Å². The fourth-order valence-corrected chi connectivity index (χ4v) is 6.27. The van der Waals surface area contributed by atoms with Gasteiger partial charge < -0.3 is 26.7 Å². The molecule has 36 heavy (non-hydrogen) atoms. The van der Waals surface area contributed by atoms with Crippen LogP contribution in [0.5, 0.6) is 0 Å². The Balaban J connectivity index is 1.48. The van der Waals surface area contributed by atoms with Gasteiger partial charge in [-0.25, -0.2) is 15.6 Å². The normalized spacial score (nSPS) is 21.9. The van der Waals surface area contributed by atoms with Crippen molar-refractivity contribution in [3.8, 4) is 0 Å². The first-order valence-corrected chi connectivity index (χ1v) is 13.2. The first-order valence-electron chi connectivity index (χ1n) is 10.4. The molecule has 0 aliphatic carbocycles. The van der Waals surface area contributed by atoms with Crippen molar-refractivity contribution in [1.29, 1.82) is 0 Å². The van der Waals surface area contributed by atoms with Gasteiger partial charge in [0.05, 0.1) is 6.54 Å². The summed E-state index contributed by atoms with van der Waals surface area (Å²) < 4.78 is 3.97. The number of fused-ring (bicyclic) bond motifs is 1. The van der Waals surface area contributed by atoms with E-state index in [4.69, 9.17) is 22.1 Å². The fraction of sp³-hybridized carbons (Fsp3) is 0.389. The molecule has 15 nitrogen and oxygen atoms in total. The highest BCUT2D eigenvalue weighted by molar-refractivity contribution is 8.14. The molecule has 0 bridgehead atoms. The van der Waals surface area contributed by atoms with E-state index in [1.54, 1.807) is 13.0 Å². The van der Waals surface area contributed by atoms with Gasteiger partial charge in [-0.05, 0) is 18.6 Å². The topological polar surface area (TPSA) is 228 Å². The lowest BCUT2D eigenvalue weighted by Gasteiger charge is -2.49. The first-order chi connectivity index (χ1) is 17.2. The van der Waals surface area contributed by atoms with E-state index in [2.05, 4.69) is 24.8 Å². The number of hydrogen-bond acceptors (Lipinski definition) is 15. The second-order valence-corrected chi connectivity index (χ2v) is 10.2. The zero-order valence-electron chi connectivity index (χ0n) is 18.8. The zero-order chi connectivity index (χ0) is 26.0. The SMILES string of the molecule is CCO/N=C(\C(=O)NC1C(=O)N2C(C(=O)O)=C(CSC3=NC(N)=CCN3N)CS[C@@H]12)c1nsc(N)n1. The summed E-state index contributed by atoms with van der Waals surface area (Å²) in [6, 6.07) is -0.971. The van der Waals surface area contributed by atoms with Gasteiger partial charge >= 0.3 is 5.97 Å². The van der Waals surface area contributed by atoms with Crippen molar-refractivity contribution in [3.63, 3.8) is 0 Å². The molecule has 0 aromatic carbocycles. The van der Waals surface area contributed by atoms with Crippen molar-refractivity contribution in [2.45, 2.75) is 18.3 Å². The molecule has 1 saturated heterocycles. The number of hydrazine groups is 1. The zero-order valence-corrected chi connectivity index (χ0v) is 21.2. The van der Waals surface area contributed by atoms with E-state index in [1.807, 2.05) is 0 Å². The molecule has 4 rings (SSSR count). The molecule has 3 aliphatic heterocycles. The van der Waals surface area contributed by atoms with Crippen LogP contribution >= 0.6 is 35.1 Å². The number of rotatable bonds is 8. The summed E-state index contributed by atoms with van der Waals surface area (Å²) in [5.41, 5.74) is 11.5. The van der Waals surface area contributed by atoms with Gasteiger partial charge in [-0.15, -0.1) is 11.8 Å². The number of thioether (sulfide) groups is 2. The summed E-state index contributed by atoms with van der Waals surface area (Å²) >= 11 is 3.43. The standard InChI is InChI=1S/C18H22N10O5S3/c1-2-33-25-9(12-24-17(20)36-26-12)13(29)23-10-14(30)28-11(16(31)32)7(5-34-15(10)28)6-35-18-22-8(19)3-4-27(18)21/h3,10,15H,2,4-6,19,21H2,1H3,(H,23,29)(H,31,32)(H2,20,24,26)/b25-9-/t10?,15-/m0/s1. The van der Waals surface area contributed by atoms with Crippen molar-refractivity contribution in [2.24, 2.45) is 21.7 Å². The number of carboxylic acid groups (broad SMARTS) is 1. The van der Waals surface area contributed by atoms with Gasteiger partial charge in [0.25, 0.3) is 11.8 Å². The van der Waals surface area contributed by atoms with Crippen molar-refractivity contribution >= 4 is 68.9 Å². The molecule has 8 N–H and O–H groups in total. The summed E-state index contributed by atoms with van der Waals surface area (Å²) in [6.45, 7) is 2.25. The van der Waals surface area contributed by atoms with Crippen LogP contribution in [-0.4, -0.2) is 89.1 Å². The van der Waals surface area contributed by atoms with Crippen LogP contribution in [-0.2, 0) is 19.2 Å². The maximum atomic E-state index is 13.0. The second-order valence-electron chi connectivity index (χ2n) is 7.40. The van der Waals surface area contributed by atoms with Gasteiger partial charge in [-0.2, -0.15) is 9.36 Å². The van der Waals surface area contributed by atoms with Crippen LogP contribution in [0.25, 0.3) is 0 Å². The Morgan fingerprint density at radius 3 is 2.86 bits per heavy atom. The van der Waals surface area contributed by atoms with Gasteiger partial charge in [0, 0.05) is 23.0 Å². The average Bonchev–Trinajstić information content (AvgIpc) is 3.28. The van der Waals surface area contributed by atoms with E-state index in [9.17, 15) is 19.5 Å². The molecular weight excluding hydrogens is 532 g/mol. The number of amidine groups is 1. The number of aliphatic imine (C=N–C) groups is 1. The summed E-state index contributed by atoms with van der Waals surface area (Å²) in [7, 11) is 0. The Morgan fingerprint density at radius 1 is 1.42 bits per heavy atom. The summed E-state index contributed by atoms with van der Waals surface area (Å²) in [5, 5.41) is 17.6. The Labute approximate surface area is 217 Å². The van der Waals surface area contributed by atoms with Crippen molar-refractivity contribution in [1.82, 2.24) is 24.6 Å². The first kappa shape index (κ1) is 25.7. The smallest absolute Gasteiger partial charge is 0.352 e. The highest BCUT2D eigenvalue weighted by atomic mass is 32.2. The summed E-state index contributed by atoms with van der Waals surface area (Å²) in [4.78, 5) is 52.2. The fourth-order valence-electron chi connectivity index (χ4n) is 3.41. The lowest BCUT2D eigenvalue weighted by Crippen LogP contribution is -2.71. The molecule has 2 amide bonds. The lowest BCUT2D eigenvalue weighted by molar-refractivity contribution is -0.150. The number of carbonyl (C=O) groups excluding carboxylic acids is 2. The highest BCUT2D eigenvalue weighted by Gasteiger charge is 2.54. The van der Waals surface area contributed by atoms with Crippen LogP contribution in [0.1, 0.15) is 12.7 Å². The number of oxime groups is 1. The quantitative estimate of drug-likeness (QED) is 0.109. The van der Waals surface area contributed by atoms with Crippen LogP contribution in [0.2, 0.25) is 0 Å². The lowest BCUT2D eigenvalue weighted by atomic mass is 10.0. The van der Waals surface area contributed by atoms with E-state index in [1.165, 1.54) is 33.4 Å². The number of hydrogen-bond donors (Lipinski definition) is 5. The predicted molar refractivity (Wildman–Crippen MR) is 135 cm³/mol. The molecule has 1 unspecified atom stereocenters. The van der Waals surface area contributed by atoms with E-state index in [0.717, 1.165) is 11.5 Å². The summed E-state index contributed by atoms with van der Waals surface area (Å²) in [5.74, 6) is 4.19. The van der Waals surface area contributed by atoms with Crippen LogP contribution in [0, 0.1) is 0 Å². The molecule has 3 aliphatic rings. The van der Waals surface area contributed by atoms with Crippen LogP contribution < -0.4 is 22.6 Å². The van der Waals surface area contributed by atoms with Gasteiger partial charge in [0.1, 0.15) is 29.5 Å². The van der Waals surface area contributed by atoms with Crippen LogP contribution in [0.4, 0.5) is 5.13 Å². The number of nitrogens with two attached hydrogens (primary N) is 3. The third-order valence-electron chi connectivity index (χ3n) is 5.03. The molecule has 0 radical (unpaired) electrons. The van der Waals surface area contributed by atoms with E-state index in [0.29, 0.717) is 28.9 Å². The molecule has 192 valence electrons. The number of β-lactam (4-membered cyclic amide) rings is 1. The minimum absolute atomic E-state index is 0.0381. The maximum absolute atomic E-state index is 13.0. The number of carbonyl (C=O) groups is 3. The Morgan fingerprint density at radius 2 is 2.19 bits per heavy atom. The third-order valence-corrected chi connectivity index (χ3v) is 7.99. The summed E-state index contributed by atoms with van der Waals surface area (Å²) in [6.07, 6.45) is 1.66. The number of nitrogens with zero attached hydrogens (tertiary/aromatic N) is 6. The maximum Gasteiger partial charge on any atom is 0.352 e. The monoisotopic (exact) mass is 554 g/mol. The number of aromatic nitrogens is 2. The Hall–Kier alpha value is -3.35.